The van der Waals surface area contributed by atoms with Crippen molar-refractivity contribution in [2.24, 2.45) is 0 Å². The molecule has 2 aromatic heterocycles. The molecular formula is C22H29BrN6O. The molecule has 0 radical (unpaired) electrons. The predicted octanol–water partition coefficient (Wildman–Crippen LogP) is 4.12. The van der Waals surface area contributed by atoms with E-state index in [1.54, 1.807) is 18.5 Å². The monoisotopic (exact) mass is 472 g/mol. The van der Waals surface area contributed by atoms with Gasteiger partial charge in [-0.25, -0.2) is 4.98 Å². The summed E-state index contributed by atoms with van der Waals surface area (Å²) in [6.07, 6.45) is 5.37. The highest BCUT2D eigenvalue weighted by molar-refractivity contribution is 8.93. The molecule has 1 fully saturated rings. The molecule has 2 N–H and O–H groups in total. The smallest absolute Gasteiger partial charge is 0.245 e. The Morgan fingerprint density at radius 1 is 1.07 bits per heavy atom. The number of nitrogens with one attached hydrogen (secondary N) is 1. The van der Waals surface area contributed by atoms with E-state index in [0.29, 0.717) is 23.2 Å². The van der Waals surface area contributed by atoms with Gasteiger partial charge in [-0.2, -0.15) is 0 Å². The molecule has 0 amide bonds. The summed E-state index contributed by atoms with van der Waals surface area (Å²) < 4.78 is 0. The van der Waals surface area contributed by atoms with Crippen LogP contribution in [0.15, 0.2) is 36.7 Å². The number of hydrogen-bond acceptors (Lipinski definition) is 7. The van der Waals surface area contributed by atoms with Crippen molar-refractivity contribution in [2.45, 2.75) is 57.7 Å². The van der Waals surface area contributed by atoms with E-state index < -0.39 is 0 Å². The SMILES string of the molecule is Br.CN(c1ncc(-c2cc3cccnc3cc2O)nn1)C1CC(C)(C)NC(C)(C)C1. The van der Waals surface area contributed by atoms with Crippen LogP contribution in [0.5, 0.6) is 5.75 Å². The number of piperidine rings is 1. The predicted molar refractivity (Wildman–Crippen MR) is 125 cm³/mol. The Labute approximate surface area is 187 Å². The maximum absolute atomic E-state index is 10.4. The van der Waals surface area contributed by atoms with E-state index in [9.17, 15) is 5.11 Å². The maximum Gasteiger partial charge on any atom is 0.245 e. The van der Waals surface area contributed by atoms with Gasteiger partial charge in [0.2, 0.25) is 5.95 Å². The number of phenols is 1. The molecule has 1 aliphatic rings. The van der Waals surface area contributed by atoms with Crippen molar-refractivity contribution in [1.82, 2.24) is 25.5 Å². The second-order valence-corrected chi connectivity index (χ2v) is 9.27. The van der Waals surface area contributed by atoms with Gasteiger partial charge in [0.05, 0.1) is 11.7 Å². The van der Waals surface area contributed by atoms with Crippen molar-refractivity contribution in [3.05, 3.63) is 36.7 Å². The molecule has 0 aliphatic carbocycles. The summed E-state index contributed by atoms with van der Waals surface area (Å²) in [4.78, 5) is 10.9. The third kappa shape index (κ3) is 4.54. The molecule has 3 heterocycles. The summed E-state index contributed by atoms with van der Waals surface area (Å²) in [5, 5.41) is 23.8. The van der Waals surface area contributed by atoms with Crippen LogP contribution in [0, 0.1) is 0 Å². The number of benzene rings is 1. The number of phenolic OH excluding ortho intramolecular Hbond substituents is 1. The number of nitrogens with zero attached hydrogens (tertiary/aromatic N) is 5. The van der Waals surface area contributed by atoms with Gasteiger partial charge >= 0.3 is 0 Å². The fraction of sp³-hybridized carbons (Fsp3) is 0.455. The maximum atomic E-state index is 10.4. The zero-order valence-electron chi connectivity index (χ0n) is 18.0. The highest BCUT2D eigenvalue weighted by Crippen LogP contribution is 2.33. The fourth-order valence-electron chi connectivity index (χ4n) is 4.57. The van der Waals surface area contributed by atoms with E-state index >= 15 is 0 Å². The number of halogens is 1. The number of pyridine rings is 1. The first-order chi connectivity index (χ1) is 13.6. The van der Waals surface area contributed by atoms with Gasteiger partial charge in [-0.15, -0.1) is 27.2 Å². The summed E-state index contributed by atoms with van der Waals surface area (Å²) in [6, 6.07) is 7.65. The van der Waals surface area contributed by atoms with Crippen molar-refractivity contribution in [2.75, 3.05) is 11.9 Å². The number of hydrogen-bond donors (Lipinski definition) is 2. The largest absolute Gasteiger partial charge is 0.507 e. The molecule has 7 nitrogen and oxygen atoms in total. The second kappa shape index (κ2) is 8.07. The highest BCUT2D eigenvalue weighted by atomic mass is 79.9. The van der Waals surface area contributed by atoms with Crippen molar-refractivity contribution in [3.63, 3.8) is 0 Å². The van der Waals surface area contributed by atoms with Gasteiger partial charge in [0.25, 0.3) is 0 Å². The second-order valence-electron chi connectivity index (χ2n) is 9.27. The number of aromatic hydroxyl groups is 1. The molecule has 3 aromatic rings. The van der Waals surface area contributed by atoms with E-state index in [0.717, 1.165) is 23.7 Å². The van der Waals surface area contributed by atoms with E-state index in [-0.39, 0.29) is 33.8 Å². The molecular weight excluding hydrogens is 444 g/mol. The molecule has 0 unspecified atom stereocenters. The van der Waals surface area contributed by atoms with Crippen molar-refractivity contribution in [1.29, 1.82) is 0 Å². The number of anilines is 1. The molecule has 0 spiro atoms. The Morgan fingerprint density at radius 3 is 2.40 bits per heavy atom. The molecule has 4 rings (SSSR count). The summed E-state index contributed by atoms with van der Waals surface area (Å²) in [5.41, 5.74) is 1.96. The Hall–Kier alpha value is -2.32. The molecule has 160 valence electrons. The van der Waals surface area contributed by atoms with Gasteiger partial charge < -0.3 is 15.3 Å². The quantitative estimate of drug-likeness (QED) is 0.592. The Balaban J connectivity index is 0.00000256. The van der Waals surface area contributed by atoms with Crippen molar-refractivity contribution in [3.8, 4) is 17.0 Å². The van der Waals surface area contributed by atoms with Gasteiger partial charge in [-0.3, -0.25) is 4.98 Å². The Morgan fingerprint density at radius 2 is 1.77 bits per heavy atom. The molecule has 8 heteroatoms. The number of rotatable bonds is 3. The average Bonchev–Trinajstić information content (AvgIpc) is 2.64. The first-order valence-corrected chi connectivity index (χ1v) is 9.94. The van der Waals surface area contributed by atoms with Crippen molar-refractivity contribution >= 4 is 33.8 Å². The van der Waals surface area contributed by atoms with Crippen LogP contribution in [0.3, 0.4) is 0 Å². The normalized spacial score (nSPS) is 18.0. The summed E-state index contributed by atoms with van der Waals surface area (Å²) in [6.45, 7) is 8.92. The van der Waals surface area contributed by atoms with Gasteiger partial charge in [0, 0.05) is 47.4 Å². The van der Waals surface area contributed by atoms with Crippen LogP contribution in [0.2, 0.25) is 0 Å². The summed E-state index contributed by atoms with van der Waals surface area (Å²) in [5.74, 6) is 0.712. The minimum absolute atomic E-state index is 0. The zero-order chi connectivity index (χ0) is 20.8. The molecule has 0 bridgehead atoms. The third-order valence-electron chi connectivity index (χ3n) is 5.58. The van der Waals surface area contributed by atoms with Gasteiger partial charge in [-0.05, 0) is 52.7 Å². The molecule has 1 aromatic carbocycles. The molecule has 0 saturated carbocycles. The highest BCUT2D eigenvalue weighted by Gasteiger charge is 2.39. The van der Waals surface area contributed by atoms with Crippen LogP contribution >= 0.6 is 17.0 Å². The van der Waals surface area contributed by atoms with E-state index in [1.165, 1.54) is 0 Å². The van der Waals surface area contributed by atoms with E-state index in [2.05, 4.69) is 58.1 Å². The molecule has 1 aliphatic heterocycles. The lowest BCUT2D eigenvalue weighted by atomic mass is 9.79. The first-order valence-electron chi connectivity index (χ1n) is 9.94. The lowest BCUT2D eigenvalue weighted by Gasteiger charge is -2.48. The number of fused-ring (bicyclic) bond motifs is 1. The van der Waals surface area contributed by atoms with E-state index in [1.807, 2.05) is 25.2 Å². The van der Waals surface area contributed by atoms with E-state index in [4.69, 9.17) is 0 Å². The zero-order valence-corrected chi connectivity index (χ0v) is 19.8. The molecule has 30 heavy (non-hydrogen) atoms. The van der Waals surface area contributed by atoms with Crippen molar-refractivity contribution < 1.29 is 5.11 Å². The molecule has 1 saturated heterocycles. The molecule has 0 atom stereocenters. The Bertz CT molecular complexity index is 1020. The fourth-order valence-corrected chi connectivity index (χ4v) is 4.57. The van der Waals surface area contributed by atoms with Crippen LogP contribution in [0.4, 0.5) is 5.95 Å². The first kappa shape index (κ1) is 22.4. The minimum Gasteiger partial charge on any atom is -0.507 e. The minimum atomic E-state index is 0. The average molecular weight is 473 g/mol. The van der Waals surface area contributed by atoms with Gasteiger partial charge in [0.1, 0.15) is 11.4 Å². The summed E-state index contributed by atoms with van der Waals surface area (Å²) in [7, 11) is 2.03. The van der Waals surface area contributed by atoms with Gasteiger partial charge in [-0.1, -0.05) is 6.07 Å². The lowest BCUT2D eigenvalue weighted by Crippen LogP contribution is -2.62. The van der Waals surface area contributed by atoms with Crippen LogP contribution in [-0.2, 0) is 0 Å². The lowest BCUT2D eigenvalue weighted by molar-refractivity contribution is 0.160. The summed E-state index contributed by atoms with van der Waals surface area (Å²) >= 11 is 0. The topological polar surface area (TPSA) is 87.1 Å². The van der Waals surface area contributed by atoms with Gasteiger partial charge in [0.15, 0.2) is 0 Å². The standard InChI is InChI=1S/C22H28N6O.BrH/c1-21(2)11-15(12-22(3,4)27-21)28(5)20-24-13-18(25-26-20)16-9-14-7-6-8-23-17(14)10-19(16)29;/h6-10,13,15,27,29H,11-12H2,1-5H3;1H. The van der Waals surface area contributed by atoms with Crippen LogP contribution in [0.1, 0.15) is 40.5 Å². The number of aromatic nitrogens is 4. The van der Waals surface area contributed by atoms with Crippen LogP contribution < -0.4 is 10.2 Å². The van der Waals surface area contributed by atoms with Crippen LogP contribution in [-0.4, -0.2) is 49.4 Å². The third-order valence-corrected chi connectivity index (χ3v) is 5.58. The Kier molecular flexibility index (Phi) is 6.02. The van der Waals surface area contributed by atoms with Crippen LogP contribution in [0.25, 0.3) is 22.2 Å².